The fourth-order valence-corrected chi connectivity index (χ4v) is 2.26. The van der Waals surface area contributed by atoms with Crippen LogP contribution in [0.2, 0.25) is 5.02 Å². The number of nitrogens with one attached hydrogen (secondary N) is 1. The summed E-state index contributed by atoms with van der Waals surface area (Å²) < 4.78 is 0. The Kier molecular flexibility index (Phi) is 5.73. The summed E-state index contributed by atoms with van der Waals surface area (Å²) >= 11 is 5.97. The van der Waals surface area contributed by atoms with Crippen molar-refractivity contribution >= 4 is 29.0 Å². The van der Waals surface area contributed by atoms with Crippen LogP contribution in [0, 0.1) is 0 Å². The summed E-state index contributed by atoms with van der Waals surface area (Å²) in [4.78, 5) is 23.9. The van der Waals surface area contributed by atoms with Crippen molar-refractivity contribution in [1.29, 1.82) is 0 Å². The van der Waals surface area contributed by atoms with E-state index in [1.807, 2.05) is 24.3 Å². The zero-order valence-electron chi connectivity index (χ0n) is 12.4. The first-order valence-corrected chi connectivity index (χ1v) is 7.64. The minimum absolute atomic E-state index is 0.0306. The molecule has 2 rings (SSSR count). The molecule has 1 N–H and O–H groups in total. The van der Waals surface area contributed by atoms with Crippen LogP contribution in [0.1, 0.15) is 35.7 Å². The molecule has 0 saturated carbocycles. The maximum Gasteiger partial charge on any atom is 0.224 e. The number of benzene rings is 2. The highest BCUT2D eigenvalue weighted by Crippen LogP contribution is 2.20. The summed E-state index contributed by atoms with van der Waals surface area (Å²) in [6.07, 6.45) is 1.26. The van der Waals surface area contributed by atoms with Gasteiger partial charge in [-0.25, -0.2) is 0 Å². The van der Waals surface area contributed by atoms with Gasteiger partial charge in [0, 0.05) is 18.4 Å². The Morgan fingerprint density at radius 3 is 2.32 bits per heavy atom. The van der Waals surface area contributed by atoms with Crippen LogP contribution in [0.15, 0.2) is 48.5 Å². The molecular formula is C18H18ClNO2. The Bertz CT molecular complexity index is 665. The minimum atomic E-state index is -0.216. The lowest BCUT2D eigenvalue weighted by Crippen LogP contribution is -2.13. The molecule has 0 spiro atoms. The minimum Gasteiger partial charge on any atom is -0.325 e. The van der Waals surface area contributed by atoms with Crippen LogP contribution >= 0.6 is 11.6 Å². The molecule has 0 aliphatic carbocycles. The third kappa shape index (κ3) is 4.43. The van der Waals surface area contributed by atoms with E-state index in [4.69, 9.17) is 11.6 Å². The molecule has 0 saturated heterocycles. The second-order valence-corrected chi connectivity index (χ2v) is 5.41. The van der Waals surface area contributed by atoms with E-state index in [1.165, 1.54) is 5.56 Å². The lowest BCUT2D eigenvalue weighted by Gasteiger charge is -2.07. The molecule has 0 aromatic heterocycles. The lowest BCUT2D eigenvalue weighted by atomic mass is 10.0. The molecule has 0 fully saturated rings. The highest BCUT2D eigenvalue weighted by atomic mass is 35.5. The fraction of sp³-hybridized carbons (Fsp3) is 0.222. The largest absolute Gasteiger partial charge is 0.325 e. The summed E-state index contributed by atoms with van der Waals surface area (Å²) in [6, 6.07) is 14.5. The van der Waals surface area contributed by atoms with Gasteiger partial charge in [-0.1, -0.05) is 54.9 Å². The molecule has 2 aromatic carbocycles. The van der Waals surface area contributed by atoms with Gasteiger partial charge >= 0.3 is 0 Å². The van der Waals surface area contributed by atoms with Gasteiger partial charge in [0.1, 0.15) is 0 Å². The molecule has 0 aliphatic heterocycles. The smallest absolute Gasteiger partial charge is 0.224 e. The van der Waals surface area contributed by atoms with Crippen LogP contribution in [-0.2, 0) is 11.2 Å². The first kappa shape index (κ1) is 16.2. The quantitative estimate of drug-likeness (QED) is 0.797. The lowest BCUT2D eigenvalue weighted by molar-refractivity contribution is -0.116. The first-order chi connectivity index (χ1) is 10.6. The number of halogens is 1. The van der Waals surface area contributed by atoms with E-state index >= 15 is 0 Å². The molecule has 22 heavy (non-hydrogen) atoms. The number of carbonyl (C=O) groups is 2. The Balaban J connectivity index is 1.87. The predicted octanol–water partition coefficient (Wildman–Crippen LogP) is 4.50. The van der Waals surface area contributed by atoms with Crippen LogP contribution < -0.4 is 5.32 Å². The number of anilines is 1. The van der Waals surface area contributed by atoms with Crippen LogP contribution in [-0.4, -0.2) is 11.7 Å². The molecule has 3 nitrogen and oxygen atoms in total. The summed E-state index contributed by atoms with van der Waals surface area (Å²) in [6.45, 7) is 2.07. The second kappa shape index (κ2) is 7.76. The standard InChI is InChI=1S/C18H18ClNO2/c1-2-13-7-9-14(10-8-13)17(21)11-12-18(22)20-16-6-4-3-5-15(16)19/h3-10H,2,11-12H2,1H3,(H,20,22). The maximum absolute atomic E-state index is 12.1. The number of Topliss-reactive ketones (excluding diaryl/α,β-unsaturated/α-hetero) is 1. The highest BCUT2D eigenvalue weighted by molar-refractivity contribution is 6.33. The van der Waals surface area contributed by atoms with Crippen molar-refractivity contribution in [2.24, 2.45) is 0 Å². The van der Waals surface area contributed by atoms with Crippen molar-refractivity contribution in [3.8, 4) is 0 Å². The van der Waals surface area contributed by atoms with Gasteiger partial charge in [-0.15, -0.1) is 0 Å². The van der Waals surface area contributed by atoms with Gasteiger partial charge in [-0.3, -0.25) is 9.59 Å². The predicted molar refractivity (Wildman–Crippen MR) is 89.5 cm³/mol. The molecule has 0 radical (unpaired) electrons. The van der Waals surface area contributed by atoms with Crippen molar-refractivity contribution in [1.82, 2.24) is 0 Å². The number of amides is 1. The molecule has 1 amide bonds. The van der Waals surface area contributed by atoms with Gasteiger partial charge in [0.2, 0.25) is 5.91 Å². The summed E-state index contributed by atoms with van der Waals surface area (Å²) in [5.74, 6) is -0.247. The molecule has 114 valence electrons. The topological polar surface area (TPSA) is 46.2 Å². The van der Waals surface area contributed by atoms with E-state index < -0.39 is 0 Å². The molecule has 0 heterocycles. The van der Waals surface area contributed by atoms with E-state index in [9.17, 15) is 9.59 Å². The Morgan fingerprint density at radius 2 is 1.68 bits per heavy atom. The van der Waals surface area contributed by atoms with Crippen molar-refractivity contribution in [3.63, 3.8) is 0 Å². The third-order valence-corrected chi connectivity index (χ3v) is 3.74. The van der Waals surface area contributed by atoms with Gasteiger partial charge in [0.15, 0.2) is 5.78 Å². The van der Waals surface area contributed by atoms with Crippen molar-refractivity contribution in [2.45, 2.75) is 26.2 Å². The molecule has 0 aliphatic rings. The Morgan fingerprint density at radius 1 is 1.00 bits per heavy atom. The fourth-order valence-electron chi connectivity index (χ4n) is 2.07. The summed E-state index contributed by atoms with van der Waals surface area (Å²) in [5.41, 5.74) is 2.39. The third-order valence-electron chi connectivity index (χ3n) is 3.41. The molecule has 2 aromatic rings. The van der Waals surface area contributed by atoms with Crippen LogP contribution in [0.3, 0.4) is 0 Å². The van der Waals surface area contributed by atoms with Crippen LogP contribution in [0.25, 0.3) is 0 Å². The molecule has 0 bridgehead atoms. The second-order valence-electron chi connectivity index (χ2n) is 5.00. The monoisotopic (exact) mass is 315 g/mol. The van der Waals surface area contributed by atoms with E-state index in [2.05, 4.69) is 12.2 Å². The zero-order chi connectivity index (χ0) is 15.9. The molecule has 4 heteroatoms. The number of carbonyl (C=O) groups excluding carboxylic acids is 2. The van der Waals surface area contributed by atoms with Gasteiger partial charge < -0.3 is 5.32 Å². The van der Waals surface area contributed by atoms with Crippen molar-refractivity contribution < 1.29 is 9.59 Å². The SMILES string of the molecule is CCc1ccc(C(=O)CCC(=O)Nc2ccccc2Cl)cc1. The Labute approximate surface area is 135 Å². The summed E-state index contributed by atoms with van der Waals surface area (Å²) in [5, 5.41) is 3.20. The molecule has 0 atom stereocenters. The molecule has 0 unspecified atom stereocenters. The van der Waals surface area contributed by atoms with Gasteiger partial charge in [0.05, 0.1) is 10.7 Å². The molecular weight excluding hydrogens is 298 g/mol. The van der Waals surface area contributed by atoms with Gasteiger partial charge in [0.25, 0.3) is 0 Å². The van der Waals surface area contributed by atoms with E-state index in [-0.39, 0.29) is 24.5 Å². The number of para-hydroxylation sites is 1. The number of ketones is 1. The zero-order valence-corrected chi connectivity index (χ0v) is 13.2. The normalized spacial score (nSPS) is 10.3. The average molecular weight is 316 g/mol. The van der Waals surface area contributed by atoms with E-state index in [1.54, 1.807) is 24.3 Å². The van der Waals surface area contributed by atoms with Gasteiger partial charge in [-0.2, -0.15) is 0 Å². The highest BCUT2D eigenvalue weighted by Gasteiger charge is 2.10. The number of hydrogen-bond acceptors (Lipinski definition) is 2. The van der Waals surface area contributed by atoms with Crippen LogP contribution in [0.5, 0.6) is 0 Å². The number of hydrogen-bond donors (Lipinski definition) is 1. The average Bonchev–Trinajstić information content (AvgIpc) is 2.55. The summed E-state index contributed by atoms with van der Waals surface area (Å²) in [7, 11) is 0. The van der Waals surface area contributed by atoms with E-state index in [0.717, 1.165) is 6.42 Å². The first-order valence-electron chi connectivity index (χ1n) is 7.26. The van der Waals surface area contributed by atoms with Crippen molar-refractivity contribution in [3.05, 3.63) is 64.7 Å². The van der Waals surface area contributed by atoms with E-state index in [0.29, 0.717) is 16.3 Å². The number of aryl methyl sites for hydroxylation is 1. The van der Waals surface area contributed by atoms with Crippen LogP contribution in [0.4, 0.5) is 5.69 Å². The Hall–Kier alpha value is -2.13. The maximum atomic E-state index is 12.1. The van der Waals surface area contributed by atoms with Gasteiger partial charge in [-0.05, 0) is 24.1 Å². The number of rotatable bonds is 6. The van der Waals surface area contributed by atoms with Crippen molar-refractivity contribution in [2.75, 3.05) is 5.32 Å².